The molecule has 1 amide bonds. The Labute approximate surface area is 184 Å². The van der Waals surface area contributed by atoms with Crippen LogP contribution in [0, 0.1) is 0 Å². The number of fused-ring (bicyclic) bond motifs is 1. The van der Waals surface area contributed by atoms with E-state index >= 15 is 0 Å². The van der Waals surface area contributed by atoms with Crippen molar-refractivity contribution in [2.75, 3.05) is 5.32 Å². The maximum atomic E-state index is 12.1. The fraction of sp³-hybridized carbons (Fsp3) is 0.318. The lowest BCUT2D eigenvalue weighted by molar-refractivity contribution is 0.0996. The number of carbonyl (C=O) groups is 1. The number of anilines is 2. The summed E-state index contributed by atoms with van der Waals surface area (Å²) in [7, 11) is 1.89. The Morgan fingerprint density at radius 3 is 3.09 bits per heavy atom. The van der Waals surface area contributed by atoms with Crippen LogP contribution in [-0.2, 0) is 18.3 Å². The molecular formula is C22H24N8O2. The molecule has 2 atom stereocenters. The van der Waals surface area contributed by atoms with E-state index in [1.165, 1.54) is 0 Å². The number of rotatable bonds is 6. The van der Waals surface area contributed by atoms with Gasteiger partial charge in [-0.05, 0) is 37.0 Å². The largest absolute Gasteiger partial charge is 0.446 e. The summed E-state index contributed by atoms with van der Waals surface area (Å²) in [6.07, 6.45) is 8.98. The van der Waals surface area contributed by atoms with Crippen molar-refractivity contribution in [1.82, 2.24) is 35.3 Å². The summed E-state index contributed by atoms with van der Waals surface area (Å²) in [6.45, 7) is 0.399. The van der Waals surface area contributed by atoms with Crippen molar-refractivity contribution < 1.29 is 9.53 Å². The highest BCUT2D eigenvalue weighted by molar-refractivity contribution is 5.89. The average Bonchev–Trinajstić information content (AvgIpc) is 3.54. The first-order chi connectivity index (χ1) is 15.7. The molecule has 4 aromatic rings. The lowest BCUT2D eigenvalue weighted by Gasteiger charge is -2.13. The van der Waals surface area contributed by atoms with E-state index in [9.17, 15) is 4.79 Å². The molecular weight excluding hydrogens is 408 g/mol. The Hall–Kier alpha value is -3.95. The third-order valence-electron chi connectivity index (χ3n) is 5.75. The molecule has 4 heterocycles. The Bertz CT molecular complexity index is 1220. The van der Waals surface area contributed by atoms with Crippen molar-refractivity contribution in [3.8, 4) is 0 Å². The van der Waals surface area contributed by atoms with Crippen molar-refractivity contribution in [2.45, 2.75) is 37.8 Å². The highest BCUT2D eigenvalue weighted by atomic mass is 16.6. The Morgan fingerprint density at radius 1 is 1.28 bits per heavy atom. The fourth-order valence-electron chi connectivity index (χ4n) is 4.14. The summed E-state index contributed by atoms with van der Waals surface area (Å²) < 4.78 is 7.39. The number of hydrogen-bond acceptors (Lipinski definition) is 7. The second-order valence-electron chi connectivity index (χ2n) is 7.95. The molecule has 0 spiro atoms. The second-order valence-corrected chi connectivity index (χ2v) is 7.95. The maximum Gasteiger partial charge on any atom is 0.407 e. The fourth-order valence-corrected chi connectivity index (χ4v) is 4.14. The van der Waals surface area contributed by atoms with Crippen LogP contribution in [0.4, 0.5) is 16.4 Å². The van der Waals surface area contributed by atoms with E-state index in [0.717, 1.165) is 41.4 Å². The molecule has 5 rings (SSSR count). The number of H-pyrrole nitrogens is 1. The van der Waals surface area contributed by atoms with Gasteiger partial charge < -0.3 is 15.4 Å². The number of nitrogens with one attached hydrogen (secondary N) is 3. The lowest BCUT2D eigenvalue weighted by Crippen LogP contribution is -2.27. The smallest absolute Gasteiger partial charge is 0.407 e. The number of hydrogen-bond donors (Lipinski definition) is 3. The van der Waals surface area contributed by atoms with E-state index in [-0.39, 0.29) is 12.0 Å². The summed E-state index contributed by atoms with van der Waals surface area (Å²) in [5.74, 6) is 1.66. The van der Waals surface area contributed by atoms with Gasteiger partial charge in [0.25, 0.3) is 0 Å². The zero-order valence-corrected chi connectivity index (χ0v) is 17.7. The van der Waals surface area contributed by atoms with E-state index in [1.54, 1.807) is 23.3 Å². The van der Waals surface area contributed by atoms with Gasteiger partial charge in [-0.2, -0.15) is 10.2 Å². The minimum atomic E-state index is -0.401. The van der Waals surface area contributed by atoms with Crippen LogP contribution in [0.25, 0.3) is 10.9 Å². The number of carbonyl (C=O) groups excluding carboxylic acids is 1. The third kappa shape index (κ3) is 4.25. The SMILES string of the molecule is Cn1ncc2ccnc(Nc3cc(C4CCC(OC(=O)NCc5cccnc5)C4)[nH]n3)c21. The predicted molar refractivity (Wildman–Crippen MR) is 118 cm³/mol. The highest BCUT2D eigenvalue weighted by Gasteiger charge is 2.30. The minimum absolute atomic E-state index is 0.113. The van der Waals surface area contributed by atoms with Crippen LogP contribution in [-0.4, -0.2) is 42.1 Å². The first kappa shape index (κ1) is 20.0. The number of pyridine rings is 2. The first-order valence-corrected chi connectivity index (χ1v) is 10.6. The Morgan fingerprint density at radius 2 is 2.22 bits per heavy atom. The molecule has 0 bridgehead atoms. The van der Waals surface area contributed by atoms with Crippen LogP contribution < -0.4 is 10.6 Å². The number of alkyl carbamates (subject to hydrolysis) is 1. The molecule has 1 fully saturated rings. The molecule has 1 aliphatic rings. The zero-order valence-electron chi connectivity index (χ0n) is 17.7. The van der Waals surface area contributed by atoms with Gasteiger partial charge in [-0.25, -0.2) is 9.78 Å². The molecule has 3 N–H and O–H groups in total. The normalized spacial score (nSPS) is 18.0. The van der Waals surface area contributed by atoms with Crippen LogP contribution >= 0.6 is 0 Å². The first-order valence-electron chi connectivity index (χ1n) is 10.6. The van der Waals surface area contributed by atoms with Gasteiger partial charge in [0.15, 0.2) is 11.6 Å². The molecule has 10 heteroatoms. The van der Waals surface area contributed by atoms with Gasteiger partial charge in [0, 0.05) is 55.2 Å². The van der Waals surface area contributed by atoms with Crippen molar-refractivity contribution in [1.29, 1.82) is 0 Å². The molecule has 4 aromatic heterocycles. The molecule has 10 nitrogen and oxygen atoms in total. The zero-order chi connectivity index (χ0) is 21.9. The van der Waals surface area contributed by atoms with Gasteiger partial charge in [-0.1, -0.05) is 6.07 Å². The average molecular weight is 432 g/mol. The molecule has 1 aliphatic carbocycles. The van der Waals surface area contributed by atoms with Gasteiger partial charge in [0.2, 0.25) is 0 Å². The van der Waals surface area contributed by atoms with Crippen LogP contribution in [0.2, 0.25) is 0 Å². The van der Waals surface area contributed by atoms with Gasteiger partial charge in [0.05, 0.1) is 6.20 Å². The van der Waals surface area contributed by atoms with E-state index in [1.807, 2.05) is 37.5 Å². The molecule has 1 saturated carbocycles. The highest BCUT2D eigenvalue weighted by Crippen LogP contribution is 2.36. The van der Waals surface area contributed by atoms with Crippen molar-refractivity contribution in [2.24, 2.45) is 7.05 Å². The summed E-state index contributed by atoms with van der Waals surface area (Å²) in [6, 6.07) is 7.67. The molecule has 0 aromatic carbocycles. The van der Waals surface area contributed by atoms with Gasteiger partial charge in [0.1, 0.15) is 11.6 Å². The third-order valence-corrected chi connectivity index (χ3v) is 5.75. The topological polar surface area (TPSA) is 123 Å². The van der Waals surface area contributed by atoms with E-state index in [4.69, 9.17) is 4.74 Å². The van der Waals surface area contributed by atoms with E-state index < -0.39 is 6.09 Å². The standard InChI is InChI=1S/C22H24N8O2/c1-30-20-16(13-26-30)6-8-24-21(20)27-19-10-18(28-29-19)15-4-5-17(9-15)32-22(31)25-12-14-3-2-7-23-11-14/h2-3,6-8,10-11,13,15,17H,4-5,9,12H2,1H3,(H,25,31)(H2,24,27,28,29). The van der Waals surface area contributed by atoms with Crippen LogP contribution in [0.1, 0.15) is 36.4 Å². The minimum Gasteiger partial charge on any atom is -0.446 e. The summed E-state index contributed by atoms with van der Waals surface area (Å²) in [4.78, 5) is 20.6. The number of ether oxygens (including phenoxy) is 1. The monoisotopic (exact) mass is 432 g/mol. The van der Waals surface area contributed by atoms with Crippen molar-refractivity contribution >= 4 is 28.6 Å². The van der Waals surface area contributed by atoms with Gasteiger partial charge in [-0.3, -0.25) is 14.8 Å². The Balaban J connectivity index is 1.16. The van der Waals surface area contributed by atoms with Crippen LogP contribution in [0.15, 0.2) is 49.1 Å². The molecule has 0 radical (unpaired) electrons. The second kappa shape index (κ2) is 8.66. The predicted octanol–water partition coefficient (Wildman–Crippen LogP) is 3.39. The maximum absolute atomic E-state index is 12.1. The number of aromatic nitrogens is 6. The molecule has 0 aliphatic heterocycles. The molecule has 0 saturated heterocycles. The van der Waals surface area contributed by atoms with Gasteiger partial charge in [-0.15, -0.1) is 0 Å². The van der Waals surface area contributed by atoms with E-state index in [2.05, 4.69) is 35.9 Å². The summed E-state index contributed by atoms with van der Waals surface area (Å²) >= 11 is 0. The van der Waals surface area contributed by atoms with Crippen LogP contribution in [0.3, 0.4) is 0 Å². The summed E-state index contributed by atoms with van der Waals surface area (Å²) in [5.41, 5.74) is 2.87. The van der Waals surface area contributed by atoms with Gasteiger partial charge >= 0.3 is 6.09 Å². The Kier molecular flexibility index (Phi) is 5.40. The van der Waals surface area contributed by atoms with Crippen LogP contribution in [0.5, 0.6) is 0 Å². The lowest BCUT2D eigenvalue weighted by atomic mass is 10.0. The number of nitrogens with zero attached hydrogens (tertiary/aromatic N) is 5. The van der Waals surface area contributed by atoms with E-state index in [0.29, 0.717) is 18.2 Å². The van der Waals surface area contributed by atoms with Crippen molar-refractivity contribution in [3.63, 3.8) is 0 Å². The summed E-state index contributed by atoms with van der Waals surface area (Å²) in [5, 5.41) is 18.9. The number of aromatic amines is 1. The quantitative estimate of drug-likeness (QED) is 0.427. The van der Waals surface area contributed by atoms with Crippen molar-refractivity contribution in [3.05, 3.63) is 60.3 Å². The number of amides is 1. The molecule has 32 heavy (non-hydrogen) atoms. The molecule has 2 unspecified atom stereocenters. The molecule has 164 valence electrons. The number of aryl methyl sites for hydroxylation is 1.